The van der Waals surface area contributed by atoms with Crippen LogP contribution in [0.4, 0.5) is 0 Å². The summed E-state index contributed by atoms with van der Waals surface area (Å²) in [7, 11) is 0. The standard InChI is InChI=1S/C18H39NO.H3N/c1-4-5-6-7-8-9-10-11-12-13-14-15-16-20-18(2,3)17-19;/h4-17,19H2,1-3H3;1H3. The van der Waals surface area contributed by atoms with E-state index >= 15 is 0 Å². The van der Waals surface area contributed by atoms with E-state index in [4.69, 9.17) is 10.5 Å². The molecule has 0 radical (unpaired) electrons. The second-order valence-electron chi connectivity index (χ2n) is 6.70. The Labute approximate surface area is 134 Å². The normalized spacial score (nSPS) is 11.4. The smallest absolute Gasteiger partial charge is 0.0748 e. The maximum Gasteiger partial charge on any atom is 0.0748 e. The first kappa shape index (κ1) is 23.2. The summed E-state index contributed by atoms with van der Waals surface area (Å²) in [6.45, 7) is 7.87. The van der Waals surface area contributed by atoms with Crippen LogP contribution in [-0.4, -0.2) is 18.8 Å². The van der Waals surface area contributed by atoms with Crippen molar-refractivity contribution in [2.24, 2.45) is 5.73 Å². The molecule has 0 saturated heterocycles. The molecule has 0 rings (SSSR count). The monoisotopic (exact) mass is 302 g/mol. The van der Waals surface area contributed by atoms with Crippen molar-refractivity contribution < 1.29 is 4.74 Å². The molecule has 0 aromatic heterocycles. The molecular weight excluding hydrogens is 260 g/mol. The molecule has 0 aliphatic heterocycles. The Kier molecular flexibility index (Phi) is 17.9. The van der Waals surface area contributed by atoms with E-state index in [1.165, 1.54) is 77.0 Å². The van der Waals surface area contributed by atoms with Crippen molar-refractivity contribution in [2.45, 2.75) is 103 Å². The van der Waals surface area contributed by atoms with Gasteiger partial charge in [0.1, 0.15) is 0 Å². The average molecular weight is 303 g/mol. The fraction of sp³-hybridized carbons (Fsp3) is 1.00. The summed E-state index contributed by atoms with van der Waals surface area (Å²) >= 11 is 0. The largest absolute Gasteiger partial charge is 0.374 e. The lowest BCUT2D eigenvalue weighted by Gasteiger charge is -2.23. The van der Waals surface area contributed by atoms with Gasteiger partial charge in [-0.3, -0.25) is 0 Å². The highest BCUT2D eigenvalue weighted by molar-refractivity contribution is 4.68. The summed E-state index contributed by atoms with van der Waals surface area (Å²) in [5.74, 6) is 0. The van der Waals surface area contributed by atoms with E-state index in [0.717, 1.165) is 6.61 Å². The lowest BCUT2D eigenvalue weighted by atomic mass is 10.1. The van der Waals surface area contributed by atoms with Crippen molar-refractivity contribution >= 4 is 0 Å². The molecule has 0 unspecified atom stereocenters. The van der Waals surface area contributed by atoms with Gasteiger partial charge < -0.3 is 16.6 Å². The van der Waals surface area contributed by atoms with Gasteiger partial charge in [-0.25, -0.2) is 0 Å². The third-order valence-electron chi connectivity index (χ3n) is 3.98. The molecule has 0 fully saturated rings. The van der Waals surface area contributed by atoms with Gasteiger partial charge in [-0.2, -0.15) is 0 Å². The molecule has 3 nitrogen and oxygen atoms in total. The lowest BCUT2D eigenvalue weighted by molar-refractivity contribution is -0.0121. The Hall–Kier alpha value is -0.120. The Morgan fingerprint density at radius 3 is 1.48 bits per heavy atom. The zero-order valence-corrected chi connectivity index (χ0v) is 15.1. The number of unbranched alkanes of at least 4 members (excludes halogenated alkanes) is 11. The number of hydrogen-bond acceptors (Lipinski definition) is 3. The van der Waals surface area contributed by atoms with E-state index < -0.39 is 0 Å². The highest BCUT2D eigenvalue weighted by Crippen LogP contribution is 2.13. The molecular formula is C18H42N2O. The zero-order chi connectivity index (χ0) is 15.1. The topological polar surface area (TPSA) is 70.2 Å². The molecule has 0 saturated carbocycles. The summed E-state index contributed by atoms with van der Waals surface area (Å²) in [4.78, 5) is 0. The van der Waals surface area contributed by atoms with Gasteiger partial charge in [0.15, 0.2) is 0 Å². The highest BCUT2D eigenvalue weighted by atomic mass is 16.5. The van der Waals surface area contributed by atoms with E-state index in [1.54, 1.807) is 0 Å². The Bertz CT molecular complexity index is 196. The predicted octanol–water partition coefficient (Wildman–Crippen LogP) is 5.60. The van der Waals surface area contributed by atoms with Crippen molar-refractivity contribution in [3.8, 4) is 0 Å². The van der Waals surface area contributed by atoms with Crippen LogP contribution in [0, 0.1) is 0 Å². The van der Waals surface area contributed by atoms with Gasteiger partial charge >= 0.3 is 0 Å². The predicted molar refractivity (Wildman–Crippen MR) is 95.2 cm³/mol. The number of ether oxygens (including phenoxy) is 1. The van der Waals surface area contributed by atoms with E-state index in [1.807, 2.05) is 0 Å². The molecule has 0 bridgehead atoms. The molecule has 130 valence electrons. The summed E-state index contributed by atoms with van der Waals surface area (Å²) in [5, 5.41) is 0. The molecule has 0 aromatic carbocycles. The van der Waals surface area contributed by atoms with Crippen LogP contribution in [-0.2, 0) is 4.74 Å². The van der Waals surface area contributed by atoms with E-state index in [9.17, 15) is 0 Å². The maximum absolute atomic E-state index is 5.75. The molecule has 0 atom stereocenters. The van der Waals surface area contributed by atoms with E-state index in [-0.39, 0.29) is 11.8 Å². The van der Waals surface area contributed by atoms with Crippen molar-refractivity contribution in [1.82, 2.24) is 6.15 Å². The minimum atomic E-state index is -0.141. The Morgan fingerprint density at radius 2 is 1.10 bits per heavy atom. The zero-order valence-electron chi connectivity index (χ0n) is 15.1. The highest BCUT2D eigenvalue weighted by Gasteiger charge is 2.14. The first-order valence-corrected chi connectivity index (χ1v) is 8.96. The Balaban J connectivity index is 0. The molecule has 0 aromatic rings. The maximum atomic E-state index is 5.75. The van der Waals surface area contributed by atoms with Crippen LogP contribution < -0.4 is 11.9 Å². The second-order valence-corrected chi connectivity index (χ2v) is 6.70. The molecule has 21 heavy (non-hydrogen) atoms. The molecule has 5 N–H and O–H groups in total. The molecule has 0 aliphatic rings. The van der Waals surface area contributed by atoms with Gasteiger partial charge in [-0.1, -0.05) is 77.6 Å². The van der Waals surface area contributed by atoms with E-state index in [0.29, 0.717) is 6.54 Å². The van der Waals surface area contributed by atoms with Crippen LogP contribution in [0.25, 0.3) is 0 Å². The fourth-order valence-electron chi connectivity index (χ4n) is 2.35. The molecule has 0 amide bonds. The lowest BCUT2D eigenvalue weighted by Crippen LogP contribution is -2.34. The average Bonchev–Trinajstić information content (AvgIpc) is 2.44. The van der Waals surface area contributed by atoms with Crippen LogP contribution in [0.3, 0.4) is 0 Å². The van der Waals surface area contributed by atoms with E-state index in [2.05, 4.69) is 20.8 Å². The summed E-state index contributed by atoms with van der Waals surface area (Å²) in [6, 6.07) is 0. The van der Waals surface area contributed by atoms with Crippen molar-refractivity contribution in [2.75, 3.05) is 13.2 Å². The van der Waals surface area contributed by atoms with Crippen LogP contribution in [0.2, 0.25) is 0 Å². The van der Waals surface area contributed by atoms with Gasteiger partial charge in [-0.05, 0) is 20.3 Å². The molecule has 0 aliphatic carbocycles. The SMILES string of the molecule is CCCCCCCCCCCCCCOC(C)(C)CN.N. The molecule has 0 spiro atoms. The summed E-state index contributed by atoms with van der Waals surface area (Å²) < 4.78 is 5.75. The molecule has 3 heteroatoms. The molecule has 0 heterocycles. The van der Waals surface area contributed by atoms with Crippen LogP contribution >= 0.6 is 0 Å². The van der Waals surface area contributed by atoms with Crippen LogP contribution in [0.5, 0.6) is 0 Å². The number of hydrogen-bond donors (Lipinski definition) is 2. The quantitative estimate of drug-likeness (QED) is 0.387. The fourth-order valence-corrected chi connectivity index (χ4v) is 2.35. The van der Waals surface area contributed by atoms with Gasteiger partial charge in [0.05, 0.1) is 5.60 Å². The first-order valence-electron chi connectivity index (χ1n) is 8.96. The van der Waals surface area contributed by atoms with Crippen LogP contribution in [0.1, 0.15) is 97.8 Å². The minimum Gasteiger partial charge on any atom is -0.374 e. The van der Waals surface area contributed by atoms with Crippen molar-refractivity contribution in [3.05, 3.63) is 0 Å². The third kappa shape index (κ3) is 17.8. The van der Waals surface area contributed by atoms with Crippen molar-refractivity contribution in [1.29, 1.82) is 0 Å². The Morgan fingerprint density at radius 1 is 0.714 bits per heavy atom. The first-order chi connectivity index (χ1) is 9.62. The number of nitrogens with two attached hydrogens (primary N) is 1. The van der Waals surface area contributed by atoms with Gasteiger partial charge in [0.25, 0.3) is 0 Å². The second kappa shape index (κ2) is 16.3. The third-order valence-corrected chi connectivity index (χ3v) is 3.98. The number of rotatable bonds is 15. The van der Waals surface area contributed by atoms with Gasteiger partial charge in [0, 0.05) is 13.2 Å². The van der Waals surface area contributed by atoms with Crippen molar-refractivity contribution in [3.63, 3.8) is 0 Å². The summed E-state index contributed by atoms with van der Waals surface area (Å²) in [5.41, 5.74) is 5.49. The summed E-state index contributed by atoms with van der Waals surface area (Å²) in [6.07, 6.45) is 16.6. The minimum absolute atomic E-state index is 0. The van der Waals surface area contributed by atoms with Gasteiger partial charge in [-0.15, -0.1) is 0 Å². The van der Waals surface area contributed by atoms with Gasteiger partial charge in [0.2, 0.25) is 0 Å². The van der Waals surface area contributed by atoms with Crippen LogP contribution in [0.15, 0.2) is 0 Å².